The molecule has 4 rings (SSSR count). The van der Waals surface area contributed by atoms with Gasteiger partial charge in [0.25, 0.3) is 0 Å². The maximum atomic E-state index is 4.27. The molecule has 0 radical (unpaired) electrons. The van der Waals surface area contributed by atoms with E-state index in [1.54, 1.807) is 6.33 Å². The molecule has 3 heteroatoms. The first-order valence-corrected chi connectivity index (χ1v) is 6.37. The minimum absolute atomic E-state index is 0.856. The minimum Gasteiger partial charge on any atom is -0.355 e. The van der Waals surface area contributed by atoms with Gasteiger partial charge in [-0.15, -0.1) is 0 Å². The van der Waals surface area contributed by atoms with Crippen LogP contribution in [0.25, 0.3) is 21.8 Å². The van der Waals surface area contributed by atoms with Gasteiger partial charge in [0.2, 0.25) is 0 Å². The number of hydrogen-bond donors (Lipinski definition) is 2. The number of hydrogen-bond acceptors (Lipinski definition) is 1. The molecule has 0 unspecified atom stereocenters. The predicted octanol–water partition coefficient (Wildman–Crippen LogP) is 3.64. The topological polar surface area (TPSA) is 44.5 Å². The summed E-state index contributed by atoms with van der Waals surface area (Å²) < 4.78 is 0. The van der Waals surface area contributed by atoms with Crippen molar-refractivity contribution in [1.29, 1.82) is 0 Å². The van der Waals surface area contributed by atoms with Crippen molar-refractivity contribution in [3.63, 3.8) is 0 Å². The Morgan fingerprint density at radius 2 is 1.84 bits per heavy atom. The third kappa shape index (κ3) is 1.71. The molecule has 0 atom stereocenters. The van der Waals surface area contributed by atoms with Crippen molar-refractivity contribution in [2.24, 2.45) is 0 Å². The number of benzene rings is 2. The van der Waals surface area contributed by atoms with E-state index in [4.69, 9.17) is 0 Å². The lowest BCUT2D eigenvalue weighted by atomic mass is 10.1. The van der Waals surface area contributed by atoms with Gasteiger partial charge in [0.1, 0.15) is 0 Å². The molecule has 0 fully saturated rings. The van der Waals surface area contributed by atoms with E-state index >= 15 is 0 Å². The number of nitrogens with zero attached hydrogens (tertiary/aromatic N) is 1. The normalized spacial score (nSPS) is 11.4. The van der Waals surface area contributed by atoms with Crippen molar-refractivity contribution < 1.29 is 0 Å². The predicted molar refractivity (Wildman–Crippen MR) is 77.2 cm³/mol. The monoisotopic (exact) mass is 247 g/mol. The second-order valence-corrected chi connectivity index (χ2v) is 4.79. The van der Waals surface area contributed by atoms with Crippen LogP contribution in [0.4, 0.5) is 0 Å². The van der Waals surface area contributed by atoms with Crippen LogP contribution < -0.4 is 0 Å². The lowest BCUT2D eigenvalue weighted by molar-refractivity contribution is 1.11. The van der Waals surface area contributed by atoms with Crippen molar-refractivity contribution in [1.82, 2.24) is 15.0 Å². The molecule has 19 heavy (non-hydrogen) atoms. The number of rotatable bonds is 2. The molecule has 0 saturated carbocycles. The summed E-state index contributed by atoms with van der Waals surface area (Å²) in [5.74, 6) is 0. The van der Waals surface area contributed by atoms with Crippen molar-refractivity contribution in [3.8, 4) is 0 Å². The molecule has 2 aromatic heterocycles. The SMILES string of the molecule is c1ccc2c(c1)[nH]c1cc(Cc3c[nH]cn3)ccc12. The lowest BCUT2D eigenvalue weighted by Gasteiger charge is -1.99. The maximum absolute atomic E-state index is 4.27. The summed E-state index contributed by atoms with van der Waals surface area (Å²) in [6, 6.07) is 15.0. The summed E-state index contributed by atoms with van der Waals surface area (Å²) in [7, 11) is 0. The zero-order chi connectivity index (χ0) is 12.7. The second-order valence-electron chi connectivity index (χ2n) is 4.79. The van der Waals surface area contributed by atoms with Crippen molar-refractivity contribution in [2.75, 3.05) is 0 Å². The number of fused-ring (bicyclic) bond motifs is 3. The Labute approximate surface area is 110 Å². The molecule has 2 N–H and O–H groups in total. The Kier molecular flexibility index (Phi) is 2.18. The summed E-state index contributed by atoms with van der Waals surface area (Å²) in [5, 5.41) is 2.56. The molecular formula is C16H13N3. The first-order valence-electron chi connectivity index (χ1n) is 6.37. The zero-order valence-electron chi connectivity index (χ0n) is 10.4. The van der Waals surface area contributed by atoms with E-state index in [1.807, 2.05) is 6.20 Å². The van der Waals surface area contributed by atoms with Crippen molar-refractivity contribution >= 4 is 21.8 Å². The molecule has 0 aliphatic carbocycles. The minimum atomic E-state index is 0.856. The standard InChI is InChI=1S/C16H13N3/c1-2-4-15-13(3-1)14-6-5-11(8-16(14)19-15)7-12-9-17-10-18-12/h1-6,8-10,19H,7H2,(H,17,18). The largest absolute Gasteiger partial charge is 0.355 e. The fourth-order valence-electron chi connectivity index (χ4n) is 2.61. The molecular weight excluding hydrogens is 234 g/mol. The summed E-state index contributed by atoms with van der Waals surface area (Å²) >= 11 is 0. The number of aromatic amines is 2. The number of para-hydroxylation sites is 1. The van der Waals surface area contributed by atoms with E-state index in [0.717, 1.165) is 12.1 Å². The molecule has 2 heterocycles. The fraction of sp³-hybridized carbons (Fsp3) is 0.0625. The third-order valence-corrected chi connectivity index (χ3v) is 3.51. The van der Waals surface area contributed by atoms with E-state index in [2.05, 4.69) is 57.4 Å². The van der Waals surface area contributed by atoms with Crippen LogP contribution in [-0.4, -0.2) is 15.0 Å². The molecule has 0 aliphatic heterocycles. The van der Waals surface area contributed by atoms with Gasteiger partial charge in [0, 0.05) is 34.4 Å². The van der Waals surface area contributed by atoms with Gasteiger partial charge >= 0.3 is 0 Å². The van der Waals surface area contributed by atoms with Crippen LogP contribution >= 0.6 is 0 Å². The Bertz CT molecular complexity index is 841. The Morgan fingerprint density at radius 3 is 2.74 bits per heavy atom. The van der Waals surface area contributed by atoms with Crippen LogP contribution in [0.15, 0.2) is 55.0 Å². The van der Waals surface area contributed by atoms with Crippen LogP contribution in [0.1, 0.15) is 11.3 Å². The van der Waals surface area contributed by atoms with Crippen LogP contribution in [0.3, 0.4) is 0 Å². The van der Waals surface area contributed by atoms with Gasteiger partial charge in [-0.25, -0.2) is 4.98 Å². The molecule has 3 nitrogen and oxygen atoms in total. The van der Waals surface area contributed by atoms with Crippen molar-refractivity contribution in [3.05, 3.63) is 66.2 Å². The molecule has 2 aromatic carbocycles. The molecule has 0 bridgehead atoms. The highest BCUT2D eigenvalue weighted by atomic mass is 14.9. The summed E-state index contributed by atoms with van der Waals surface area (Å²) in [4.78, 5) is 10.7. The van der Waals surface area contributed by atoms with Gasteiger partial charge in [-0.2, -0.15) is 0 Å². The highest BCUT2D eigenvalue weighted by molar-refractivity contribution is 6.07. The van der Waals surface area contributed by atoms with Gasteiger partial charge < -0.3 is 9.97 Å². The van der Waals surface area contributed by atoms with Crippen LogP contribution in [0.5, 0.6) is 0 Å². The number of nitrogens with one attached hydrogen (secondary N) is 2. The Hall–Kier alpha value is -2.55. The smallest absolute Gasteiger partial charge is 0.0923 e. The van der Waals surface area contributed by atoms with E-state index in [0.29, 0.717) is 0 Å². The van der Waals surface area contributed by atoms with Gasteiger partial charge in [0.15, 0.2) is 0 Å². The van der Waals surface area contributed by atoms with E-state index in [-0.39, 0.29) is 0 Å². The Balaban J connectivity index is 1.85. The summed E-state index contributed by atoms with van der Waals surface area (Å²) in [6.07, 6.45) is 4.51. The third-order valence-electron chi connectivity index (χ3n) is 3.51. The Morgan fingerprint density at radius 1 is 0.947 bits per heavy atom. The quantitative estimate of drug-likeness (QED) is 0.558. The van der Waals surface area contributed by atoms with E-state index in [1.165, 1.54) is 27.4 Å². The molecule has 0 amide bonds. The average molecular weight is 247 g/mol. The number of imidazole rings is 1. The summed E-state index contributed by atoms with van der Waals surface area (Å²) in [5.41, 5.74) is 4.71. The molecule has 0 spiro atoms. The van der Waals surface area contributed by atoms with Gasteiger partial charge in [-0.05, 0) is 17.7 Å². The average Bonchev–Trinajstić information content (AvgIpc) is 3.05. The second kappa shape index (κ2) is 3.99. The molecule has 0 aliphatic rings. The van der Waals surface area contributed by atoms with Crippen LogP contribution in [-0.2, 0) is 6.42 Å². The highest BCUT2D eigenvalue weighted by Gasteiger charge is 2.05. The van der Waals surface area contributed by atoms with E-state index in [9.17, 15) is 0 Å². The summed E-state index contributed by atoms with van der Waals surface area (Å²) in [6.45, 7) is 0. The molecule has 4 aromatic rings. The zero-order valence-corrected chi connectivity index (χ0v) is 10.4. The van der Waals surface area contributed by atoms with Crippen molar-refractivity contribution in [2.45, 2.75) is 6.42 Å². The first-order chi connectivity index (χ1) is 9.40. The number of H-pyrrole nitrogens is 2. The van der Waals surface area contributed by atoms with Gasteiger partial charge in [0.05, 0.1) is 12.0 Å². The van der Waals surface area contributed by atoms with E-state index < -0.39 is 0 Å². The van der Waals surface area contributed by atoms with Crippen LogP contribution in [0, 0.1) is 0 Å². The first kappa shape index (κ1) is 10.4. The fourth-order valence-corrected chi connectivity index (χ4v) is 2.61. The van der Waals surface area contributed by atoms with Gasteiger partial charge in [-0.3, -0.25) is 0 Å². The molecule has 0 saturated heterocycles. The van der Waals surface area contributed by atoms with Gasteiger partial charge in [-0.1, -0.05) is 30.3 Å². The maximum Gasteiger partial charge on any atom is 0.0923 e. The van der Waals surface area contributed by atoms with Crippen LogP contribution in [0.2, 0.25) is 0 Å². The number of aromatic nitrogens is 3. The molecule has 92 valence electrons. The highest BCUT2D eigenvalue weighted by Crippen LogP contribution is 2.26. The lowest BCUT2D eigenvalue weighted by Crippen LogP contribution is -1.87.